The van der Waals surface area contributed by atoms with Crippen LogP contribution in [-0.2, 0) is 0 Å². The number of aryl methyl sites for hydroxylation is 1. The van der Waals surface area contributed by atoms with Crippen LogP contribution in [0.3, 0.4) is 0 Å². The number of hydrogen-bond acceptors (Lipinski definition) is 5. The highest BCUT2D eigenvalue weighted by atomic mass is 32.2. The fraction of sp³-hybridized carbons (Fsp3) is 0.467. The number of carbonyl (C=O) groups excluding carboxylic acids is 1. The molecule has 1 aliphatic rings. The number of fused-ring (bicyclic) bond motifs is 1. The molecule has 3 heterocycles. The van der Waals surface area contributed by atoms with E-state index in [0.29, 0.717) is 15.8 Å². The molecule has 0 spiro atoms. The normalized spacial score (nSPS) is 19.1. The summed E-state index contributed by atoms with van der Waals surface area (Å²) in [7, 11) is 0. The number of rotatable bonds is 2. The topological polar surface area (TPSA) is 59.2 Å². The molecule has 0 bridgehead atoms. The minimum Gasteiger partial charge on any atom is -0.397 e. The second-order valence-corrected chi connectivity index (χ2v) is 7.71. The van der Waals surface area contributed by atoms with Gasteiger partial charge in [-0.05, 0) is 25.0 Å². The van der Waals surface area contributed by atoms with Crippen molar-refractivity contribution in [2.24, 2.45) is 0 Å². The number of carbonyl (C=O) groups is 1. The summed E-state index contributed by atoms with van der Waals surface area (Å²) in [6.45, 7) is 5.80. The number of thioether (sulfide) groups is 1. The van der Waals surface area contributed by atoms with Crippen LogP contribution in [0, 0.1) is 6.92 Å². The van der Waals surface area contributed by atoms with Crippen molar-refractivity contribution >= 4 is 44.9 Å². The lowest BCUT2D eigenvalue weighted by Gasteiger charge is -2.31. The van der Waals surface area contributed by atoms with Gasteiger partial charge < -0.3 is 10.6 Å². The molecule has 0 saturated carbocycles. The number of aromatic nitrogens is 1. The summed E-state index contributed by atoms with van der Waals surface area (Å²) in [6.07, 6.45) is 2.86. The molecule has 112 valence electrons. The van der Waals surface area contributed by atoms with Crippen molar-refractivity contribution in [3.8, 4) is 0 Å². The second-order valence-electron chi connectivity index (χ2n) is 5.31. The van der Waals surface area contributed by atoms with Gasteiger partial charge in [-0.25, -0.2) is 4.98 Å². The van der Waals surface area contributed by atoms with E-state index in [2.05, 4.69) is 11.9 Å². The van der Waals surface area contributed by atoms with Gasteiger partial charge >= 0.3 is 0 Å². The average molecular weight is 321 g/mol. The first kappa shape index (κ1) is 14.7. The van der Waals surface area contributed by atoms with Crippen molar-refractivity contribution < 1.29 is 4.79 Å². The standard InChI is InChI=1S/C15H19N3OS2/c1-3-10-8-18(6-7-20-10)15(19)13-12(16)11-9(2)4-5-17-14(11)21-13/h4-5,10H,3,6-8,16H2,1-2H3. The molecule has 2 N–H and O–H groups in total. The molecule has 21 heavy (non-hydrogen) atoms. The molecule has 1 unspecified atom stereocenters. The summed E-state index contributed by atoms with van der Waals surface area (Å²) < 4.78 is 0. The van der Waals surface area contributed by atoms with Gasteiger partial charge in [-0.1, -0.05) is 6.92 Å². The van der Waals surface area contributed by atoms with Crippen LogP contribution in [0.2, 0.25) is 0 Å². The van der Waals surface area contributed by atoms with Gasteiger partial charge in [0.05, 0.1) is 5.69 Å². The van der Waals surface area contributed by atoms with E-state index in [0.717, 1.165) is 41.0 Å². The first-order valence-electron chi connectivity index (χ1n) is 7.16. The van der Waals surface area contributed by atoms with E-state index < -0.39 is 0 Å². The molecule has 1 amide bonds. The number of nitrogen functional groups attached to an aromatic ring is 1. The lowest BCUT2D eigenvalue weighted by molar-refractivity contribution is 0.0767. The molecule has 1 fully saturated rings. The number of anilines is 1. The molecule has 1 atom stereocenters. The highest BCUT2D eigenvalue weighted by molar-refractivity contribution is 8.00. The lowest BCUT2D eigenvalue weighted by atomic mass is 10.1. The van der Waals surface area contributed by atoms with Gasteiger partial charge in [0.25, 0.3) is 5.91 Å². The van der Waals surface area contributed by atoms with Gasteiger partial charge in [0, 0.05) is 35.7 Å². The molecular weight excluding hydrogens is 302 g/mol. The highest BCUT2D eigenvalue weighted by Gasteiger charge is 2.27. The van der Waals surface area contributed by atoms with E-state index in [-0.39, 0.29) is 5.91 Å². The van der Waals surface area contributed by atoms with Crippen LogP contribution in [0.15, 0.2) is 12.3 Å². The Kier molecular flexibility index (Phi) is 4.08. The average Bonchev–Trinajstić information content (AvgIpc) is 2.85. The Morgan fingerprint density at radius 1 is 1.57 bits per heavy atom. The Morgan fingerprint density at radius 3 is 3.10 bits per heavy atom. The summed E-state index contributed by atoms with van der Waals surface area (Å²) in [5.41, 5.74) is 7.90. The summed E-state index contributed by atoms with van der Waals surface area (Å²) in [5, 5.41) is 1.47. The molecule has 2 aromatic heterocycles. The third kappa shape index (κ3) is 2.62. The summed E-state index contributed by atoms with van der Waals surface area (Å²) in [4.78, 5) is 20.6. The molecule has 6 heteroatoms. The number of pyridine rings is 1. The van der Waals surface area contributed by atoms with Crippen LogP contribution in [0.5, 0.6) is 0 Å². The van der Waals surface area contributed by atoms with Gasteiger partial charge in [0.15, 0.2) is 0 Å². The molecule has 3 rings (SSSR count). The quantitative estimate of drug-likeness (QED) is 0.923. The van der Waals surface area contributed by atoms with E-state index in [1.165, 1.54) is 11.3 Å². The fourth-order valence-corrected chi connectivity index (χ4v) is 4.95. The van der Waals surface area contributed by atoms with E-state index in [1.807, 2.05) is 29.7 Å². The van der Waals surface area contributed by atoms with E-state index in [1.54, 1.807) is 6.20 Å². The smallest absolute Gasteiger partial charge is 0.266 e. The van der Waals surface area contributed by atoms with Crippen LogP contribution in [-0.4, -0.2) is 39.9 Å². The minimum atomic E-state index is 0.0636. The summed E-state index contributed by atoms with van der Waals surface area (Å²) in [5.74, 6) is 1.07. The maximum Gasteiger partial charge on any atom is 0.266 e. The third-order valence-electron chi connectivity index (χ3n) is 3.91. The predicted molar refractivity (Wildman–Crippen MR) is 91.2 cm³/mol. The Labute approximate surface area is 132 Å². The van der Waals surface area contributed by atoms with Crippen LogP contribution < -0.4 is 5.73 Å². The first-order valence-corrected chi connectivity index (χ1v) is 9.02. The van der Waals surface area contributed by atoms with Crippen LogP contribution in [0.4, 0.5) is 5.69 Å². The lowest BCUT2D eigenvalue weighted by Crippen LogP contribution is -2.41. The number of hydrogen-bond donors (Lipinski definition) is 1. The van der Waals surface area contributed by atoms with Crippen molar-refractivity contribution in [1.29, 1.82) is 0 Å². The number of nitrogens with zero attached hydrogens (tertiary/aromatic N) is 2. The monoisotopic (exact) mass is 321 g/mol. The van der Waals surface area contributed by atoms with Crippen molar-refractivity contribution in [1.82, 2.24) is 9.88 Å². The zero-order chi connectivity index (χ0) is 15.0. The van der Waals surface area contributed by atoms with Gasteiger partial charge in [-0.15, -0.1) is 11.3 Å². The predicted octanol–water partition coefficient (Wildman–Crippen LogP) is 3.15. The summed E-state index contributed by atoms with van der Waals surface area (Å²) in [6, 6.07) is 1.93. The zero-order valence-electron chi connectivity index (χ0n) is 12.3. The van der Waals surface area contributed by atoms with Gasteiger partial charge in [-0.3, -0.25) is 4.79 Å². The number of nitrogens with two attached hydrogens (primary N) is 1. The van der Waals surface area contributed by atoms with Crippen molar-refractivity contribution in [3.63, 3.8) is 0 Å². The Balaban J connectivity index is 1.95. The van der Waals surface area contributed by atoms with E-state index in [9.17, 15) is 4.79 Å². The Bertz CT molecular complexity index is 683. The number of thiophene rings is 1. The molecule has 4 nitrogen and oxygen atoms in total. The SMILES string of the molecule is CCC1CN(C(=O)c2sc3nccc(C)c3c2N)CCS1. The molecule has 1 saturated heterocycles. The molecule has 0 aromatic carbocycles. The van der Waals surface area contributed by atoms with Crippen LogP contribution in [0.1, 0.15) is 28.6 Å². The maximum absolute atomic E-state index is 12.8. The van der Waals surface area contributed by atoms with E-state index >= 15 is 0 Å². The van der Waals surface area contributed by atoms with Crippen molar-refractivity contribution in [2.45, 2.75) is 25.5 Å². The minimum absolute atomic E-state index is 0.0636. The molecule has 2 aromatic rings. The maximum atomic E-state index is 12.8. The molecule has 0 radical (unpaired) electrons. The Hall–Kier alpha value is -1.27. The van der Waals surface area contributed by atoms with Gasteiger partial charge in [-0.2, -0.15) is 11.8 Å². The van der Waals surface area contributed by atoms with Crippen LogP contribution >= 0.6 is 23.1 Å². The number of amides is 1. The summed E-state index contributed by atoms with van der Waals surface area (Å²) >= 11 is 3.37. The molecule has 0 aliphatic carbocycles. The Morgan fingerprint density at radius 2 is 2.38 bits per heavy atom. The molecular formula is C15H19N3OS2. The largest absolute Gasteiger partial charge is 0.397 e. The van der Waals surface area contributed by atoms with Crippen LogP contribution in [0.25, 0.3) is 10.2 Å². The zero-order valence-corrected chi connectivity index (χ0v) is 13.9. The van der Waals surface area contributed by atoms with Crippen molar-refractivity contribution in [2.75, 3.05) is 24.6 Å². The fourth-order valence-electron chi connectivity index (χ4n) is 2.66. The van der Waals surface area contributed by atoms with Gasteiger partial charge in [0.1, 0.15) is 9.71 Å². The second kappa shape index (κ2) is 5.85. The van der Waals surface area contributed by atoms with Gasteiger partial charge in [0.2, 0.25) is 0 Å². The first-order chi connectivity index (χ1) is 10.1. The highest BCUT2D eigenvalue weighted by Crippen LogP contribution is 2.35. The third-order valence-corrected chi connectivity index (χ3v) is 6.39. The van der Waals surface area contributed by atoms with Crippen molar-refractivity contribution in [3.05, 3.63) is 22.7 Å². The molecule has 1 aliphatic heterocycles. The van der Waals surface area contributed by atoms with E-state index in [4.69, 9.17) is 5.73 Å².